The Balaban J connectivity index is 1.68. The van der Waals surface area contributed by atoms with Crippen LogP contribution in [0, 0.1) is 0 Å². The second kappa shape index (κ2) is 9.55. The Labute approximate surface area is 217 Å². The molecular formula is C29H22N6O3. The number of benzene rings is 3. The van der Waals surface area contributed by atoms with Crippen molar-refractivity contribution in [2.75, 3.05) is 12.4 Å². The Morgan fingerprint density at radius 3 is 2.11 bits per heavy atom. The van der Waals surface area contributed by atoms with Gasteiger partial charge in [-0.2, -0.15) is 9.61 Å². The molecule has 0 spiro atoms. The number of aromatic hydroxyl groups is 1. The molecule has 6 aromatic rings. The molecule has 3 heterocycles. The van der Waals surface area contributed by atoms with Gasteiger partial charge in [0.25, 0.3) is 11.4 Å². The molecule has 9 heteroatoms. The van der Waals surface area contributed by atoms with Gasteiger partial charge in [0.1, 0.15) is 22.9 Å². The first-order chi connectivity index (χ1) is 18.6. The molecule has 3 aromatic heterocycles. The van der Waals surface area contributed by atoms with Crippen molar-refractivity contribution in [1.82, 2.24) is 24.6 Å². The zero-order chi connectivity index (χ0) is 26.1. The lowest BCUT2D eigenvalue weighted by Crippen LogP contribution is -2.20. The highest BCUT2D eigenvalue weighted by atomic mass is 16.5. The van der Waals surface area contributed by atoms with E-state index in [0.717, 1.165) is 16.7 Å². The van der Waals surface area contributed by atoms with Crippen LogP contribution in [0.25, 0.3) is 39.2 Å². The van der Waals surface area contributed by atoms with Gasteiger partial charge in [0.2, 0.25) is 0 Å². The molecule has 3 aromatic carbocycles. The van der Waals surface area contributed by atoms with Crippen LogP contribution in [0.15, 0.2) is 102 Å². The first-order valence-corrected chi connectivity index (χ1v) is 11.9. The quantitative estimate of drug-likeness (QED) is 0.284. The van der Waals surface area contributed by atoms with E-state index in [4.69, 9.17) is 9.84 Å². The van der Waals surface area contributed by atoms with Crippen LogP contribution in [-0.2, 0) is 0 Å². The number of aromatic amines is 1. The Morgan fingerprint density at radius 2 is 1.45 bits per heavy atom. The maximum Gasteiger partial charge on any atom is 0.284 e. The number of ether oxygens (including phenoxy) is 1. The molecule has 9 nitrogen and oxygen atoms in total. The first kappa shape index (κ1) is 23.0. The molecule has 0 saturated carbocycles. The smallest absolute Gasteiger partial charge is 0.284 e. The molecule has 0 amide bonds. The fourth-order valence-corrected chi connectivity index (χ4v) is 4.41. The van der Waals surface area contributed by atoms with Crippen LogP contribution < -0.4 is 15.6 Å². The minimum absolute atomic E-state index is 0.103. The van der Waals surface area contributed by atoms with Crippen LogP contribution in [0.3, 0.4) is 0 Å². The molecule has 3 N–H and O–H groups in total. The van der Waals surface area contributed by atoms with E-state index in [1.807, 2.05) is 60.7 Å². The lowest BCUT2D eigenvalue weighted by Gasteiger charge is -2.13. The van der Waals surface area contributed by atoms with Gasteiger partial charge in [-0.3, -0.25) is 4.79 Å². The molecule has 0 aliphatic rings. The number of methoxy groups -OCH3 is 1. The Hall–Kier alpha value is -5.44. The number of anilines is 2. The van der Waals surface area contributed by atoms with Crippen molar-refractivity contribution in [2.24, 2.45) is 0 Å². The monoisotopic (exact) mass is 502 g/mol. The summed E-state index contributed by atoms with van der Waals surface area (Å²) in [5.74, 6) is 0.798. The van der Waals surface area contributed by atoms with Crippen molar-refractivity contribution in [2.45, 2.75) is 0 Å². The largest absolute Gasteiger partial charge is 0.497 e. The zero-order valence-corrected chi connectivity index (χ0v) is 20.3. The van der Waals surface area contributed by atoms with E-state index in [1.54, 1.807) is 31.4 Å². The summed E-state index contributed by atoms with van der Waals surface area (Å²) in [6.07, 6.45) is 2.83. The summed E-state index contributed by atoms with van der Waals surface area (Å²) in [6.45, 7) is 0. The number of H-pyrrole nitrogens is 1. The maximum absolute atomic E-state index is 14.1. The molecule has 186 valence electrons. The molecule has 0 bridgehead atoms. The van der Waals surface area contributed by atoms with E-state index in [9.17, 15) is 9.90 Å². The highest BCUT2D eigenvalue weighted by Gasteiger charge is 2.23. The van der Waals surface area contributed by atoms with Gasteiger partial charge in [0, 0.05) is 18.0 Å². The minimum atomic E-state index is -0.353. The van der Waals surface area contributed by atoms with Gasteiger partial charge < -0.3 is 20.1 Å². The Bertz CT molecular complexity index is 1800. The fraction of sp³-hybridized carbons (Fsp3) is 0.0345. The number of aromatic nitrogens is 5. The highest BCUT2D eigenvalue weighted by Crippen LogP contribution is 2.36. The van der Waals surface area contributed by atoms with Crippen LogP contribution in [0.5, 0.6) is 11.6 Å². The van der Waals surface area contributed by atoms with E-state index in [1.165, 1.54) is 16.9 Å². The predicted molar refractivity (Wildman–Crippen MR) is 146 cm³/mol. The van der Waals surface area contributed by atoms with Gasteiger partial charge >= 0.3 is 0 Å². The molecule has 0 aliphatic heterocycles. The number of hydrogen-bond donors (Lipinski definition) is 3. The van der Waals surface area contributed by atoms with Gasteiger partial charge in [-0.15, -0.1) is 0 Å². The van der Waals surface area contributed by atoms with E-state index in [0.29, 0.717) is 34.0 Å². The summed E-state index contributed by atoms with van der Waals surface area (Å²) in [7, 11) is 1.58. The number of nitrogens with one attached hydrogen (secondary N) is 2. The van der Waals surface area contributed by atoms with E-state index in [-0.39, 0.29) is 17.3 Å². The SMILES string of the molecule is COc1ccc(-c2c(Nc3nccnc3O)[nH]c3c(-c4ccccc4)c(-c4ccccc4)nn3c2=O)cc1. The minimum Gasteiger partial charge on any atom is -0.497 e. The van der Waals surface area contributed by atoms with Crippen LogP contribution in [0.2, 0.25) is 0 Å². The van der Waals surface area contributed by atoms with Crippen molar-refractivity contribution < 1.29 is 9.84 Å². The summed E-state index contributed by atoms with van der Waals surface area (Å²) in [4.78, 5) is 25.6. The first-order valence-electron chi connectivity index (χ1n) is 11.9. The number of rotatable bonds is 6. The van der Waals surface area contributed by atoms with Crippen molar-refractivity contribution in [3.8, 4) is 45.1 Å². The van der Waals surface area contributed by atoms with Crippen LogP contribution in [-0.4, -0.2) is 36.8 Å². The summed E-state index contributed by atoms with van der Waals surface area (Å²) in [6, 6.07) is 26.6. The normalized spacial score (nSPS) is 11.0. The number of nitrogens with zero attached hydrogens (tertiary/aromatic N) is 4. The molecule has 0 radical (unpaired) electrons. The third-order valence-electron chi connectivity index (χ3n) is 6.20. The Morgan fingerprint density at radius 1 is 0.816 bits per heavy atom. The van der Waals surface area contributed by atoms with E-state index >= 15 is 0 Å². The highest BCUT2D eigenvalue weighted by molar-refractivity contribution is 5.92. The van der Waals surface area contributed by atoms with Gasteiger partial charge in [-0.1, -0.05) is 72.8 Å². The molecule has 38 heavy (non-hydrogen) atoms. The average Bonchev–Trinajstić information content (AvgIpc) is 3.35. The van der Waals surface area contributed by atoms with Crippen molar-refractivity contribution in [3.63, 3.8) is 0 Å². The van der Waals surface area contributed by atoms with Crippen molar-refractivity contribution in [1.29, 1.82) is 0 Å². The number of hydrogen-bond acceptors (Lipinski definition) is 7. The van der Waals surface area contributed by atoms with Crippen LogP contribution >= 0.6 is 0 Å². The predicted octanol–water partition coefficient (Wildman–Crippen LogP) is 5.27. The molecular weight excluding hydrogens is 480 g/mol. The number of fused-ring (bicyclic) bond motifs is 1. The standard InChI is InChI=1S/C29H22N6O3/c1-38-21-14-12-19(13-15-21)23-25(32-26-28(36)31-17-16-30-26)33-27-22(18-8-4-2-5-9-18)24(34-35(27)29(23)37)20-10-6-3-7-11-20/h2-17,33H,1H3,(H,30,32)(H,31,36). The second-order valence-electron chi connectivity index (χ2n) is 8.48. The van der Waals surface area contributed by atoms with Gasteiger partial charge in [0.15, 0.2) is 5.82 Å². The van der Waals surface area contributed by atoms with Crippen molar-refractivity contribution >= 4 is 17.3 Å². The van der Waals surface area contributed by atoms with Gasteiger partial charge in [0.05, 0.1) is 18.2 Å². The lowest BCUT2D eigenvalue weighted by molar-refractivity contribution is 0.415. The Kier molecular flexibility index (Phi) is 5.78. The van der Waals surface area contributed by atoms with E-state index < -0.39 is 0 Å². The van der Waals surface area contributed by atoms with Gasteiger partial charge in [-0.25, -0.2) is 9.97 Å². The summed E-state index contributed by atoms with van der Waals surface area (Å²) >= 11 is 0. The molecule has 0 atom stereocenters. The summed E-state index contributed by atoms with van der Waals surface area (Å²) in [5, 5.41) is 18.2. The fourth-order valence-electron chi connectivity index (χ4n) is 4.41. The van der Waals surface area contributed by atoms with Gasteiger partial charge in [-0.05, 0) is 23.3 Å². The molecule has 0 aliphatic carbocycles. The summed E-state index contributed by atoms with van der Waals surface area (Å²) in [5.41, 5.74) is 4.26. The lowest BCUT2D eigenvalue weighted by atomic mass is 10.0. The second-order valence-corrected chi connectivity index (χ2v) is 8.48. The molecule has 0 unspecified atom stereocenters. The summed E-state index contributed by atoms with van der Waals surface area (Å²) < 4.78 is 6.67. The van der Waals surface area contributed by atoms with Crippen LogP contribution in [0.4, 0.5) is 11.6 Å². The van der Waals surface area contributed by atoms with E-state index in [2.05, 4.69) is 20.3 Å². The topological polar surface area (TPSA) is 117 Å². The third-order valence-corrected chi connectivity index (χ3v) is 6.20. The average molecular weight is 503 g/mol. The maximum atomic E-state index is 14.1. The van der Waals surface area contributed by atoms with Crippen LogP contribution in [0.1, 0.15) is 0 Å². The van der Waals surface area contributed by atoms with Crippen molar-refractivity contribution in [3.05, 3.63) is 108 Å². The molecule has 0 fully saturated rings. The molecule has 6 rings (SSSR count). The third kappa shape index (κ3) is 4.01. The zero-order valence-electron chi connectivity index (χ0n) is 20.3. The molecule has 0 saturated heterocycles.